The van der Waals surface area contributed by atoms with Crippen molar-refractivity contribution in [2.75, 3.05) is 0 Å². The number of rotatable bonds is 0. The smallest absolute Gasteiger partial charge is 0.163 e. The molecule has 0 aromatic rings. The maximum Gasteiger partial charge on any atom is 0.163 e. The van der Waals surface area contributed by atoms with Gasteiger partial charge in [-0.15, -0.1) is 0 Å². The Balaban J connectivity index is 1.99. The summed E-state index contributed by atoms with van der Waals surface area (Å²) in [5.74, 6) is 0. The molecule has 1 fully saturated rings. The van der Waals surface area contributed by atoms with Crippen LogP contribution in [0.1, 0.15) is 59.3 Å². The van der Waals surface area contributed by atoms with Gasteiger partial charge in [0.15, 0.2) is 6.29 Å². The topological polar surface area (TPSA) is 18.5 Å². The van der Waals surface area contributed by atoms with E-state index >= 15 is 0 Å². The van der Waals surface area contributed by atoms with Crippen molar-refractivity contribution in [3.63, 3.8) is 0 Å². The summed E-state index contributed by atoms with van der Waals surface area (Å²) in [4.78, 5) is 0. The molecule has 1 heterocycles. The van der Waals surface area contributed by atoms with Gasteiger partial charge in [0.25, 0.3) is 0 Å². The summed E-state index contributed by atoms with van der Waals surface area (Å²) >= 11 is 0. The van der Waals surface area contributed by atoms with Crippen LogP contribution in [0.4, 0.5) is 0 Å². The highest BCUT2D eigenvalue weighted by Crippen LogP contribution is 2.35. The van der Waals surface area contributed by atoms with Crippen LogP contribution in [0.15, 0.2) is 24.3 Å². The predicted molar refractivity (Wildman–Crippen MR) is 79.0 cm³/mol. The first-order valence-corrected chi connectivity index (χ1v) is 7.68. The molecule has 2 atom stereocenters. The standard InChI is InChI=1S/C17H28O2/c1-17(2,3)16-18-14-12-10-8-6-4-5-7-9-11-13-15(14)19-16/h6-9,14-16H,4-5,10-13H2,1-3H3/b8-6-,9-7-. The van der Waals surface area contributed by atoms with Gasteiger partial charge >= 0.3 is 0 Å². The summed E-state index contributed by atoms with van der Waals surface area (Å²) in [6.45, 7) is 6.56. The maximum absolute atomic E-state index is 6.15. The van der Waals surface area contributed by atoms with Crippen molar-refractivity contribution in [3.05, 3.63) is 24.3 Å². The Bertz CT molecular complexity index is 299. The van der Waals surface area contributed by atoms with Gasteiger partial charge in [0.05, 0.1) is 12.2 Å². The third-order valence-electron chi connectivity index (χ3n) is 3.79. The molecule has 1 aliphatic heterocycles. The molecule has 1 aliphatic carbocycles. The summed E-state index contributed by atoms with van der Waals surface area (Å²) in [5, 5.41) is 0. The van der Waals surface area contributed by atoms with Gasteiger partial charge in [-0.25, -0.2) is 0 Å². The van der Waals surface area contributed by atoms with Gasteiger partial charge in [-0.2, -0.15) is 0 Å². The van der Waals surface area contributed by atoms with Crippen molar-refractivity contribution < 1.29 is 9.47 Å². The van der Waals surface area contributed by atoms with Gasteiger partial charge in [-0.05, 0) is 38.5 Å². The minimum absolute atomic E-state index is 0.0550. The van der Waals surface area contributed by atoms with Crippen molar-refractivity contribution in [1.29, 1.82) is 0 Å². The molecule has 0 aromatic carbocycles. The minimum Gasteiger partial charge on any atom is -0.346 e. The highest BCUT2D eigenvalue weighted by Gasteiger charge is 2.40. The fraction of sp³-hybridized carbons (Fsp3) is 0.765. The third-order valence-corrected chi connectivity index (χ3v) is 3.79. The summed E-state index contributed by atoms with van der Waals surface area (Å²) in [5.41, 5.74) is 0.0621. The van der Waals surface area contributed by atoms with Gasteiger partial charge in [0, 0.05) is 5.41 Å². The van der Waals surface area contributed by atoms with E-state index in [2.05, 4.69) is 45.1 Å². The van der Waals surface area contributed by atoms with Crippen LogP contribution in [0.2, 0.25) is 0 Å². The minimum atomic E-state index is -0.0550. The van der Waals surface area contributed by atoms with Crippen molar-refractivity contribution in [2.45, 2.75) is 77.8 Å². The van der Waals surface area contributed by atoms with Crippen LogP contribution in [0.5, 0.6) is 0 Å². The fourth-order valence-corrected chi connectivity index (χ4v) is 2.63. The van der Waals surface area contributed by atoms with E-state index in [1.54, 1.807) is 0 Å². The second kappa shape index (κ2) is 6.71. The summed E-state index contributed by atoms with van der Waals surface area (Å²) in [6.07, 6.45) is 16.3. The number of fused-ring (bicyclic) bond motifs is 1. The molecule has 0 amide bonds. The Kier molecular flexibility index (Phi) is 5.23. The highest BCUT2D eigenvalue weighted by molar-refractivity contribution is 4.92. The quantitative estimate of drug-likeness (QED) is 0.595. The van der Waals surface area contributed by atoms with Crippen molar-refractivity contribution >= 4 is 0 Å². The van der Waals surface area contributed by atoms with Crippen molar-refractivity contribution in [1.82, 2.24) is 0 Å². The zero-order chi connectivity index (χ0) is 13.7. The van der Waals surface area contributed by atoms with Crippen LogP contribution >= 0.6 is 0 Å². The molecule has 2 nitrogen and oxygen atoms in total. The zero-order valence-corrected chi connectivity index (χ0v) is 12.6. The van der Waals surface area contributed by atoms with Crippen LogP contribution in [-0.4, -0.2) is 18.5 Å². The SMILES string of the molecule is CC(C)(C)C1OC2CC/C=C\CC/C=C\CCC2O1. The van der Waals surface area contributed by atoms with Gasteiger partial charge in [-0.3, -0.25) is 0 Å². The predicted octanol–water partition coefficient (Wildman–Crippen LogP) is 4.61. The van der Waals surface area contributed by atoms with E-state index in [0.717, 1.165) is 38.5 Å². The Labute approximate surface area is 117 Å². The molecule has 2 unspecified atom stereocenters. The van der Waals surface area contributed by atoms with Crippen LogP contribution in [0.3, 0.4) is 0 Å². The molecular weight excluding hydrogens is 236 g/mol. The normalized spacial score (nSPS) is 36.9. The first kappa shape index (κ1) is 14.8. The molecule has 2 aliphatic rings. The molecule has 0 N–H and O–H groups in total. The van der Waals surface area contributed by atoms with Gasteiger partial charge in [-0.1, -0.05) is 45.1 Å². The average molecular weight is 264 g/mol. The number of allylic oxidation sites excluding steroid dienone is 4. The molecule has 1 saturated heterocycles. The second-order valence-electron chi connectivity index (χ2n) is 6.72. The lowest BCUT2D eigenvalue weighted by Gasteiger charge is -2.25. The van der Waals surface area contributed by atoms with E-state index < -0.39 is 0 Å². The van der Waals surface area contributed by atoms with E-state index in [0.29, 0.717) is 0 Å². The van der Waals surface area contributed by atoms with E-state index in [4.69, 9.17) is 9.47 Å². The summed E-state index contributed by atoms with van der Waals surface area (Å²) < 4.78 is 12.3. The van der Waals surface area contributed by atoms with Crippen molar-refractivity contribution in [2.24, 2.45) is 5.41 Å². The third kappa shape index (κ3) is 4.47. The van der Waals surface area contributed by atoms with Gasteiger partial charge in [0.2, 0.25) is 0 Å². The van der Waals surface area contributed by atoms with E-state index in [-0.39, 0.29) is 23.9 Å². The molecule has 19 heavy (non-hydrogen) atoms. The maximum atomic E-state index is 6.15. The molecule has 2 rings (SSSR count). The van der Waals surface area contributed by atoms with Crippen molar-refractivity contribution in [3.8, 4) is 0 Å². The Morgan fingerprint density at radius 3 is 1.58 bits per heavy atom. The van der Waals surface area contributed by atoms with Crippen LogP contribution in [-0.2, 0) is 9.47 Å². The zero-order valence-electron chi connectivity index (χ0n) is 12.6. The Morgan fingerprint density at radius 2 is 1.16 bits per heavy atom. The lowest BCUT2D eigenvalue weighted by atomic mass is 9.96. The summed E-state index contributed by atoms with van der Waals surface area (Å²) in [6, 6.07) is 0. The van der Waals surface area contributed by atoms with Crippen LogP contribution < -0.4 is 0 Å². The molecule has 0 aromatic heterocycles. The first-order chi connectivity index (χ1) is 9.07. The molecule has 0 saturated carbocycles. The molecule has 2 heteroatoms. The van der Waals surface area contributed by atoms with E-state index in [1.807, 2.05) is 0 Å². The largest absolute Gasteiger partial charge is 0.346 e. The number of hydrogen-bond donors (Lipinski definition) is 0. The highest BCUT2D eigenvalue weighted by atomic mass is 16.7. The fourth-order valence-electron chi connectivity index (χ4n) is 2.63. The van der Waals surface area contributed by atoms with Gasteiger partial charge in [0.1, 0.15) is 0 Å². The second-order valence-corrected chi connectivity index (χ2v) is 6.72. The Morgan fingerprint density at radius 1 is 0.737 bits per heavy atom. The van der Waals surface area contributed by atoms with E-state index in [9.17, 15) is 0 Å². The monoisotopic (exact) mass is 264 g/mol. The first-order valence-electron chi connectivity index (χ1n) is 7.68. The molecule has 108 valence electrons. The average Bonchev–Trinajstić information content (AvgIpc) is 2.72. The van der Waals surface area contributed by atoms with Crippen LogP contribution in [0, 0.1) is 5.41 Å². The summed E-state index contributed by atoms with van der Waals surface area (Å²) in [7, 11) is 0. The van der Waals surface area contributed by atoms with Gasteiger partial charge < -0.3 is 9.47 Å². The molecular formula is C17H28O2. The number of hydrogen-bond acceptors (Lipinski definition) is 2. The molecule has 0 radical (unpaired) electrons. The molecule has 0 spiro atoms. The lowest BCUT2D eigenvalue weighted by Crippen LogP contribution is -2.27. The van der Waals surface area contributed by atoms with Crippen LogP contribution in [0.25, 0.3) is 0 Å². The Hall–Kier alpha value is -0.600. The number of ether oxygens (including phenoxy) is 2. The molecule has 0 bridgehead atoms. The van der Waals surface area contributed by atoms with E-state index in [1.165, 1.54) is 0 Å². The lowest BCUT2D eigenvalue weighted by molar-refractivity contribution is -0.132.